The van der Waals surface area contributed by atoms with Crippen molar-refractivity contribution in [3.05, 3.63) is 59.7 Å². The van der Waals surface area contributed by atoms with Crippen LogP contribution in [0.15, 0.2) is 48.5 Å². The summed E-state index contributed by atoms with van der Waals surface area (Å²) >= 11 is 0. The van der Waals surface area contributed by atoms with Gasteiger partial charge in [-0.15, -0.1) is 0 Å². The molecule has 118 valence electrons. The summed E-state index contributed by atoms with van der Waals surface area (Å²) in [7, 11) is 3.41. The van der Waals surface area contributed by atoms with Crippen LogP contribution in [0.1, 0.15) is 25.0 Å². The molecule has 2 rings (SSSR count). The Kier molecular flexibility index (Phi) is 5.88. The first-order chi connectivity index (χ1) is 10.6. The molecule has 0 saturated carbocycles. The van der Waals surface area contributed by atoms with Gasteiger partial charge >= 0.3 is 0 Å². The predicted octanol–water partition coefficient (Wildman–Crippen LogP) is 4.76. The van der Waals surface area contributed by atoms with Gasteiger partial charge in [-0.3, -0.25) is 0 Å². The third kappa shape index (κ3) is 4.52. The minimum absolute atomic E-state index is 0.635. The molecule has 2 aromatic rings. The monoisotopic (exact) mass is 298 g/mol. The molecule has 0 aliphatic carbocycles. The summed E-state index contributed by atoms with van der Waals surface area (Å²) in [5.74, 6) is 3.11. The Labute approximate surface area is 134 Å². The van der Waals surface area contributed by atoms with Crippen LogP contribution in [0.4, 0.5) is 0 Å². The summed E-state index contributed by atoms with van der Waals surface area (Å²) in [6, 6.07) is 16.8. The van der Waals surface area contributed by atoms with E-state index in [4.69, 9.17) is 9.47 Å². The van der Waals surface area contributed by atoms with Gasteiger partial charge < -0.3 is 9.47 Å². The first-order valence-electron chi connectivity index (χ1n) is 7.88. The molecule has 0 unspecified atom stereocenters. The van der Waals surface area contributed by atoms with Crippen molar-refractivity contribution in [1.29, 1.82) is 0 Å². The minimum atomic E-state index is 0.635. The summed E-state index contributed by atoms with van der Waals surface area (Å²) in [5.41, 5.74) is 2.74. The van der Waals surface area contributed by atoms with Gasteiger partial charge in [0.2, 0.25) is 0 Å². The molecule has 2 aromatic carbocycles. The van der Waals surface area contributed by atoms with Crippen LogP contribution in [-0.4, -0.2) is 14.2 Å². The first-order valence-corrected chi connectivity index (χ1v) is 7.88. The zero-order valence-corrected chi connectivity index (χ0v) is 14.0. The fourth-order valence-corrected chi connectivity index (χ4v) is 2.67. The SMILES string of the molecule is COc1ccc(C[C@@H](C)[C@H](C)Cc2ccc(OC)cc2)cc1. The Balaban J connectivity index is 1.91. The zero-order chi connectivity index (χ0) is 15.9. The maximum atomic E-state index is 5.21. The molecule has 2 atom stereocenters. The Morgan fingerprint density at radius 3 is 1.23 bits per heavy atom. The van der Waals surface area contributed by atoms with Crippen LogP contribution in [0.2, 0.25) is 0 Å². The summed E-state index contributed by atoms with van der Waals surface area (Å²) in [5, 5.41) is 0. The fourth-order valence-electron chi connectivity index (χ4n) is 2.67. The predicted molar refractivity (Wildman–Crippen MR) is 91.7 cm³/mol. The lowest BCUT2D eigenvalue weighted by Gasteiger charge is -2.20. The third-order valence-corrected chi connectivity index (χ3v) is 4.40. The second-order valence-corrected chi connectivity index (χ2v) is 6.06. The van der Waals surface area contributed by atoms with Crippen molar-refractivity contribution >= 4 is 0 Å². The van der Waals surface area contributed by atoms with Crippen molar-refractivity contribution in [3.63, 3.8) is 0 Å². The third-order valence-electron chi connectivity index (χ3n) is 4.40. The van der Waals surface area contributed by atoms with Gasteiger partial charge in [0.25, 0.3) is 0 Å². The van der Waals surface area contributed by atoms with E-state index in [-0.39, 0.29) is 0 Å². The van der Waals surface area contributed by atoms with E-state index in [9.17, 15) is 0 Å². The van der Waals surface area contributed by atoms with E-state index in [1.165, 1.54) is 11.1 Å². The average molecular weight is 298 g/mol. The molecule has 0 heterocycles. The molecule has 0 N–H and O–H groups in total. The van der Waals surface area contributed by atoms with Gasteiger partial charge in [-0.05, 0) is 60.1 Å². The molecule has 0 aliphatic rings. The molecule has 0 aromatic heterocycles. The van der Waals surface area contributed by atoms with E-state index in [0.717, 1.165) is 24.3 Å². The molecule has 2 heteroatoms. The van der Waals surface area contributed by atoms with Crippen LogP contribution in [0.5, 0.6) is 11.5 Å². The van der Waals surface area contributed by atoms with Crippen molar-refractivity contribution < 1.29 is 9.47 Å². The van der Waals surface area contributed by atoms with Gasteiger partial charge in [0, 0.05) is 0 Å². The van der Waals surface area contributed by atoms with Gasteiger partial charge in [-0.2, -0.15) is 0 Å². The fraction of sp³-hybridized carbons (Fsp3) is 0.400. The number of methoxy groups -OCH3 is 2. The standard InChI is InChI=1S/C20H26O2/c1-15(13-17-5-9-19(21-3)10-6-17)16(2)14-18-7-11-20(22-4)12-8-18/h5-12,15-16H,13-14H2,1-4H3/t15-,16-/m1/s1. The smallest absolute Gasteiger partial charge is 0.118 e. The maximum Gasteiger partial charge on any atom is 0.118 e. The van der Waals surface area contributed by atoms with Gasteiger partial charge in [0.1, 0.15) is 11.5 Å². The van der Waals surface area contributed by atoms with E-state index in [1.54, 1.807) is 14.2 Å². The molecule has 0 saturated heterocycles. The Bertz CT molecular complexity index is 504. The van der Waals surface area contributed by atoms with Gasteiger partial charge in [-0.1, -0.05) is 38.1 Å². The maximum absolute atomic E-state index is 5.21. The average Bonchev–Trinajstić information content (AvgIpc) is 2.56. The Morgan fingerprint density at radius 1 is 0.636 bits per heavy atom. The summed E-state index contributed by atoms with van der Waals surface area (Å²) in [6.07, 6.45) is 2.20. The lowest BCUT2D eigenvalue weighted by Crippen LogP contribution is -2.13. The second-order valence-electron chi connectivity index (χ2n) is 6.06. The van der Waals surface area contributed by atoms with Gasteiger partial charge in [0.15, 0.2) is 0 Å². The highest BCUT2D eigenvalue weighted by Crippen LogP contribution is 2.23. The van der Waals surface area contributed by atoms with Crippen LogP contribution in [0.25, 0.3) is 0 Å². The van der Waals surface area contributed by atoms with Crippen LogP contribution in [-0.2, 0) is 12.8 Å². The topological polar surface area (TPSA) is 18.5 Å². The number of ether oxygens (including phenoxy) is 2. The summed E-state index contributed by atoms with van der Waals surface area (Å²) in [4.78, 5) is 0. The second kappa shape index (κ2) is 7.88. The van der Waals surface area contributed by atoms with E-state index >= 15 is 0 Å². The van der Waals surface area contributed by atoms with E-state index in [1.807, 2.05) is 24.3 Å². The molecular formula is C20H26O2. The normalized spacial score (nSPS) is 13.5. The van der Waals surface area contributed by atoms with E-state index in [2.05, 4.69) is 38.1 Å². The minimum Gasteiger partial charge on any atom is -0.497 e. The lowest BCUT2D eigenvalue weighted by molar-refractivity contribution is 0.382. The Morgan fingerprint density at radius 2 is 0.955 bits per heavy atom. The van der Waals surface area contributed by atoms with Crippen molar-refractivity contribution in [3.8, 4) is 11.5 Å². The van der Waals surface area contributed by atoms with Gasteiger partial charge in [-0.25, -0.2) is 0 Å². The number of benzene rings is 2. The van der Waals surface area contributed by atoms with Crippen LogP contribution >= 0.6 is 0 Å². The van der Waals surface area contributed by atoms with Crippen LogP contribution in [0, 0.1) is 11.8 Å². The van der Waals surface area contributed by atoms with Crippen molar-refractivity contribution in [2.75, 3.05) is 14.2 Å². The molecule has 0 amide bonds. The number of hydrogen-bond acceptors (Lipinski definition) is 2. The lowest BCUT2D eigenvalue weighted by atomic mass is 9.85. The molecular weight excluding hydrogens is 272 g/mol. The molecule has 2 nitrogen and oxygen atoms in total. The first kappa shape index (κ1) is 16.4. The molecule has 0 bridgehead atoms. The molecule has 0 radical (unpaired) electrons. The highest BCUT2D eigenvalue weighted by molar-refractivity contribution is 5.28. The van der Waals surface area contributed by atoms with E-state index < -0.39 is 0 Å². The molecule has 22 heavy (non-hydrogen) atoms. The molecule has 0 fully saturated rings. The Hall–Kier alpha value is -1.96. The zero-order valence-electron chi connectivity index (χ0n) is 14.0. The van der Waals surface area contributed by atoms with E-state index in [0.29, 0.717) is 11.8 Å². The summed E-state index contributed by atoms with van der Waals surface area (Å²) < 4.78 is 10.4. The van der Waals surface area contributed by atoms with Crippen LogP contribution < -0.4 is 9.47 Å². The molecule has 0 spiro atoms. The quantitative estimate of drug-likeness (QED) is 0.733. The van der Waals surface area contributed by atoms with Gasteiger partial charge in [0.05, 0.1) is 14.2 Å². The summed E-state index contributed by atoms with van der Waals surface area (Å²) in [6.45, 7) is 4.66. The van der Waals surface area contributed by atoms with Crippen molar-refractivity contribution in [2.24, 2.45) is 11.8 Å². The van der Waals surface area contributed by atoms with Crippen LogP contribution in [0.3, 0.4) is 0 Å². The highest BCUT2D eigenvalue weighted by atomic mass is 16.5. The number of hydrogen-bond donors (Lipinski definition) is 0. The number of rotatable bonds is 7. The largest absolute Gasteiger partial charge is 0.497 e. The highest BCUT2D eigenvalue weighted by Gasteiger charge is 2.13. The van der Waals surface area contributed by atoms with Crippen molar-refractivity contribution in [1.82, 2.24) is 0 Å². The van der Waals surface area contributed by atoms with Crippen molar-refractivity contribution in [2.45, 2.75) is 26.7 Å². The molecule has 0 aliphatic heterocycles.